The summed E-state index contributed by atoms with van der Waals surface area (Å²) in [4.78, 5) is 17.2. The monoisotopic (exact) mass is 339 g/mol. The van der Waals surface area contributed by atoms with Crippen molar-refractivity contribution in [3.63, 3.8) is 0 Å². The Balaban J connectivity index is 1.66. The van der Waals surface area contributed by atoms with E-state index in [9.17, 15) is 9.18 Å². The molecule has 2 amide bonds. The van der Waals surface area contributed by atoms with Crippen molar-refractivity contribution in [1.82, 2.24) is 4.90 Å². The summed E-state index contributed by atoms with van der Waals surface area (Å²) in [5.74, 6) is 0.0305. The van der Waals surface area contributed by atoms with Gasteiger partial charge in [0.2, 0.25) is 0 Å². The number of urea groups is 1. The zero-order valence-corrected chi connectivity index (χ0v) is 14.5. The summed E-state index contributed by atoms with van der Waals surface area (Å²) in [6.07, 6.45) is 0.950. The molecule has 0 aromatic heterocycles. The van der Waals surface area contributed by atoms with E-state index in [4.69, 9.17) is 0 Å². The van der Waals surface area contributed by atoms with Gasteiger partial charge >= 0.3 is 6.03 Å². The lowest BCUT2D eigenvalue weighted by Gasteiger charge is -2.36. The fraction of sp³-hybridized carbons (Fsp3) is 0.350. The molecule has 5 heteroatoms. The first-order valence-corrected chi connectivity index (χ1v) is 8.68. The molecule has 4 rings (SSSR count). The van der Waals surface area contributed by atoms with Crippen molar-refractivity contribution in [2.75, 3.05) is 30.4 Å². The molecule has 2 aliphatic rings. The van der Waals surface area contributed by atoms with Gasteiger partial charge in [-0.3, -0.25) is 4.90 Å². The molecule has 0 saturated carbocycles. The standard InChI is InChI=1S/C20H22FN3O/c1-13-3-8-18-16(11-13)17-12-23(2)10-9-19(17)24(18)20(25)22-15-6-4-14(21)5-7-15/h3-8,11,17,19H,9-10,12H2,1-2H3,(H,22,25). The average Bonchev–Trinajstić information content (AvgIpc) is 2.90. The van der Waals surface area contributed by atoms with E-state index in [1.807, 2.05) is 11.0 Å². The lowest BCUT2D eigenvalue weighted by molar-refractivity contribution is 0.224. The second-order valence-electron chi connectivity index (χ2n) is 7.09. The van der Waals surface area contributed by atoms with Crippen molar-refractivity contribution in [1.29, 1.82) is 0 Å². The summed E-state index contributed by atoms with van der Waals surface area (Å²) >= 11 is 0. The number of hydrogen-bond donors (Lipinski definition) is 1. The van der Waals surface area contributed by atoms with E-state index in [2.05, 4.69) is 36.3 Å². The summed E-state index contributed by atoms with van der Waals surface area (Å²) in [5.41, 5.74) is 4.07. The fourth-order valence-corrected chi connectivity index (χ4v) is 4.06. The van der Waals surface area contributed by atoms with Crippen LogP contribution in [0.25, 0.3) is 0 Å². The summed E-state index contributed by atoms with van der Waals surface area (Å²) < 4.78 is 13.1. The number of anilines is 2. The Morgan fingerprint density at radius 3 is 2.72 bits per heavy atom. The molecule has 130 valence electrons. The maximum Gasteiger partial charge on any atom is 0.326 e. The number of likely N-dealkylation sites (tertiary alicyclic amines) is 1. The Bertz CT molecular complexity index is 805. The summed E-state index contributed by atoms with van der Waals surface area (Å²) in [5, 5.41) is 2.92. The van der Waals surface area contributed by atoms with E-state index < -0.39 is 0 Å². The van der Waals surface area contributed by atoms with Crippen molar-refractivity contribution >= 4 is 17.4 Å². The highest BCUT2D eigenvalue weighted by Gasteiger charge is 2.43. The molecule has 1 N–H and O–H groups in total. The van der Waals surface area contributed by atoms with E-state index in [0.717, 1.165) is 25.2 Å². The largest absolute Gasteiger partial charge is 0.326 e. The highest BCUT2D eigenvalue weighted by atomic mass is 19.1. The average molecular weight is 339 g/mol. The minimum atomic E-state index is -0.310. The number of rotatable bonds is 1. The fourth-order valence-electron chi connectivity index (χ4n) is 4.06. The Labute approximate surface area is 147 Å². The van der Waals surface area contributed by atoms with Gasteiger partial charge in [0.05, 0.1) is 0 Å². The smallest absolute Gasteiger partial charge is 0.308 e. The maximum absolute atomic E-state index is 13.1. The molecule has 2 unspecified atom stereocenters. The molecule has 0 bridgehead atoms. The van der Waals surface area contributed by atoms with Crippen LogP contribution >= 0.6 is 0 Å². The number of piperidine rings is 1. The van der Waals surface area contributed by atoms with Crippen LogP contribution in [0.1, 0.15) is 23.5 Å². The molecule has 2 aromatic carbocycles. The number of fused-ring (bicyclic) bond motifs is 3. The number of aryl methyl sites for hydroxylation is 1. The topological polar surface area (TPSA) is 35.6 Å². The molecule has 4 nitrogen and oxygen atoms in total. The second-order valence-corrected chi connectivity index (χ2v) is 7.09. The van der Waals surface area contributed by atoms with Crippen molar-refractivity contribution in [2.24, 2.45) is 0 Å². The molecule has 0 aliphatic carbocycles. The second kappa shape index (κ2) is 6.15. The molecule has 2 heterocycles. The number of halogens is 1. The van der Waals surface area contributed by atoms with Gasteiger partial charge < -0.3 is 10.2 Å². The van der Waals surface area contributed by atoms with Crippen LogP contribution in [0.2, 0.25) is 0 Å². The summed E-state index contributed by atoms with van der Waals surface area (Å²) in [6, 6.07) is 12.2. The number of carbonyl (C=O) groups is 1. The van der Waals surface area contributed by atoms with Crippen LogP contribution in [-0.2, 0) is 0 Å². The third kappa shape index (κ3) is 2.89. The predicted octanol–water partition coefficient (Wildman–Crippen LogP) is 3.97. The first kappa shape index (κ1) is 16.1. The lowest BCUT2D eigenvalue weighted by Crippen LogP contribution is -2.48. The molecule has 2 atom stereocenters. The normalized spacial score (nSPS) is 22.4. The van der Waals surface area contributed by atoms with Gasteiger partial charge in [0.1, 0.15) is 5.82 Å². The third-order valence-electron chi connectivity index (χ3n) is 5.27. The first-order valence-electron chi connectivity index (χ1n) is 8.68. The molecular formula is C20H22FN3O. The van der Waals surface area contributed by atoms with Gasteiger partial charge in [-0.2, -0.15) is 0 Å². The van der Waals surface area contributed by atoms with Crippen molar-refractivity contribution < 1.29 is 9.18 Å². The van der Waals surface area contributed by atoms with Crippen LogP contribution in [0.15, 0.2) is 42.5 Å². The van der Waals surface area contributed by atoms with Gasteiger partial charge in [-0.1, -0.05) is 17.7 Å². The lowest BCUT2D eigenvalue weighted by atomic mass is 9.89. The number of amides is 2. The van der Waals surface area contributed by atoms with Gasteiger partial charge in [0.25, 0.3) is 0 Å². The molecule has 25 heavy (non-hydrogen) atoms. The molecule has 2 aromatic rings. The zero-order valence-electron chi connectivity index (χ0n) is 14.5. The van der Waals surface area contributed by atoms with Crippen LogP contribution in [0.3, 0.4) is 0 Å². The summed E-state index contributed by atoms with van der Waals surface area (Å²) in [7, 11) is 2.13. The Kier molecular flexibility index (Phi) is 3.96. The number of nitrogens with one attached hydrogen (secondary N) is 1. The molecule has 0 radical (unpaired) electrons. The third-order valence-corrected chi connectivity index (χ3v) is 5.27. The van der Waals surface area contributed by atoms with Gasteiger partial charge in [-0.15, -0.1) is 0 Å². The molecule has 0 spiro atoms. The number of hydrogen-bond acceptors (Lipinski definition) is 2. The minimum Gasteiger partial charge on any atom is -0.308 e. The SMILES string of the molecule is Cc1ccc2c(c1)C1CN(C)CCC1N2C(=O)Nc1ccc(F)cc1. The van der Waals surface area contributed by atoms with E-state index in [1.165, 1.54) is 23.3 Å². The number of carbonyl (C=O) groups excluding carboxylic acids is 1. The van der Waals surface area contributed by atoms with Crippen molar-refractivity contribution in [2.45, 2.75) is 25.3 Å². The molecule has 2 aliphatic heterocycles. The number of nitrogens with zero attached hydrogens (tertiary/aromatic N) is 2. The highest BCUT2D eigenvalue weighted by Crippen LogP contribution is 2.45. The van der Waals surface area contributed by atoms with E-state index >= 15 is 0 Å². The van der Waals surface area contributed by atoms with Crippen LogP contribution in [-0.4, -0.2) is 37.1 Å². The number of likely N-dealkylation sites (N-methyl/N-ethyl adjacent to an activating group) is 1. The molecule has 1 fully saturated rings. The van der Waals surface area contributed by atoms with Crippen LogP contribution in [0.4, 0.5) is 20.6 Å². The Morgan fingerprint density at radius 2 is 1.96 bits per heavy atom. The quantitative estimate of drug-likeness (QED) is 0.853. The maximum atomic E-state index is 13.1. The number of benzene rings is 2. The molecular weight excluding hydrogens is 317 g/mol. The predicted molar refractivity (Wildman–Crippen MR) is 97.7 cm³/mol. The van der Waals surface area contributed by atoms with Crippen LogP contribution < -0.4 is 10.2 Å². The molecule has 1 saturated heterocycles. The van der Waals surface area contributed by atoms with E-state index in [0.29, 0.717) is 11.6 Å². The van der Waals surface area contributed by atoms with Crippen molar-refractivity contribution in [3.8, 4) is 0 Å². The highest BCUT2D eigenvalue weighted by molar-refractivity contribution is 6.04. The van der Waals surface area contributed by atoms with Gasteiger partial charge in [-0.25, -0.2) is 9.18 Å². The van der Waals surface area contributed by atoms with E-state index in [-0.39, 0.29) is 17.9 Å². The van der Waals surface area contributed by atoms with Crippen LogP contribution in [0, 0.1) is 12.7 Å². The van der Waals surface area contributed by atoms with Gasteiger partial charge in [0.15, 0.2) is 0 Å². The van der Waals surface area contributed by atoms with Gasteiger partial charge in [-0.05, 0) is 62.8 Å². The Hall–Kier alpha value is -2.40. The minimum absolute atomic E-state index is 0.145. The first-order chi connectivity index (χ1) is 12.0. The van der Waals surface area contributed by atoms with Crippen molar-refractivity contribution in [3.05, 3.63) is 59.4 Å². The van der Waals surface area contributed by atoms with Gasteiger partial charge in [0, 0.05) is 29.9 Å². The summed E-state index contributed by atoms with van der Waals surface area (Å²) in [6.45, 7) is 4.03. The van der Waals surface area contributed by atoms with E-state index in [1.54, 1.807) is 12.1 Å². The zero-order chi connectivity index (χ0) is 17.6. The Morgan fingerprint density at radius 1 is 1.20 bits per heavy atom. The van der Waals surface area contributed by atoms with Crippen LogP contribution in [0.5, 0.6) is 0 Å².